The predicted molar refractivity (Wildman–Crippen MR) is 74.7 cm³/mol. The Labute approximate surface area is 123 Å². The third-order valence-electron chi connectivity index (χ3n) is 3.59. The Balaban J connectivity index is 2.07. The Bertz CT molecular complexity index is 614. The standard InChI is InChI=1S/C11H19N5O4S/c1-15-3-4-16(2)8(7-15)5-13-21(19,20)10-9(11(17)18)6-12-14-10/h6,8,13H,3-5,7H2,1-2H3,(H,12,14)(H,17,18). The molecule has 9 nitrogen and oxygen atoms in total. The van der Waals surface area contributed by atoms with E-state index in [0.717, 1.165) is 25.8 Å². The van der Waals surface area contributed by atoms with Crippen LogP contribution in [0, 0.1) is 0 Å². The van der Waals surface area contributed by atoms with Crippen molar-refractivity contribution < 1.29 is 18.3 Å². The van der Waals surface area contributed by atoms with Crippen molar-refractivity contribution in [2.45, 2.75) is 11.1 Å². The van der Waals surface area contributed by atoms with Crippen LogP contribution in [0.4, 0.5) is 0 Å². The molecular weight excluding hydrogens is 298 g/mol. The Morgan fingerprint density at radius 2 is 2.24 bits per heavy atom. The van der Waals surface area contributed by atoms with Crippen molar-refractivity contribution in [1.82, 2.24) is 24.7 Å². The van der Waals surface area contributed by atoms with Gasteiger partial charge >= 0.3 is 5.97 Å². The molecule has 1 saturated heterocycles. The van der Waals surface area contributed by atoms with E-state index in [-0.39, 0.29) is 18.2 Å². The number of hydrogen-bond donors (Lipinski definition) is 3. The van der Waals surface area contributed by atoms with E-state index in [1.54, 1.807) is 0 Å². The molecule has 1 fully saturated rings. The van der Waals surface area contributed by atoms with Gasteiger partial charge in [-0.1, -0.05) is 0 Å². The van der Waals surface area contributed by atoms with E-state index in [0.29, 0.717) is 0 Å². The molecule has 10 heteroatoms. The summed E-state index contributed by atoms with van der Waals surface area (Å²) in [7, 11) is -0.0135. The number of hydrogen-bond acceptors (Lipinski definition) is 6. The third-order valence-corrected chi connectivity index (χ3v) is 4.99. The van der Waals surface area contributed by atoms with Gasteiger partial charge in [0.05, 0.1) is 6.20 Å². The van der Waals surface area contributed by atoms with Crippen LogP contribution in [0.2, 0.25) is 0 Å². The summed E-state index contributed by atoms with van der Waals surface area (Å²) in [6.45, 7) is 2.74. The maximum Gasteiger partial charge on any atom is 0.340 e. The molecule has 3 N–H and O–H groups in total. The van der Waals surface area contributed by atoms with Crippen LogP contribution in [0.15, 0.2) is 11.2 Å². The number of carboxylic acid groups (broad SMARTS) is 1. The number of likely N-dealkylation sites (N-methyl/N-ethyl adjacent to an activating group) is 2. The number of piperazine rings is 1. The fourth-order valence-corrected chi connectivity index (χ4v) is 3.39. The summed E-state index contributed by atoms with van der Waals surface area (Å²) in [6, 6.07) is 0.0368. The van der Waals surface area contributed by atoms with Gasteiger partial charge in [-0.05, 0) is 14.1 Å². The lowest BCUT2D eigenvalue weighted by Gasteiger charge is -2.37. The van der Waals surface area contributed by atoms with Gasteiger partial charge in [0.2, 0.25) is 0 Å². The number of sulfonamides is 1. The average molecular weight is 317 g/mol. The number of carbonyl (C=O) groups is 1. The molecule has 1 aromatic heterocycles. The molecule has 0 saturated carbocycles. The van der Waals surface area contributed by atoms with Crippen molar-refractivity contribution in [3.8, 4) is 0 Å². The number of rotatable bonds is 5. The highest BCUT2D eigenvalue weighted by Crippen LogP contribution is 2.12. The van der Waals surface area contributed by atoms with E-state index in [4.69, 9.17) is 5.11 Å². The first-order valence-corrected chi connectivity index (χ1v) is 7.94. The highest BCUT2D eigenvalue weighted by atomic mass is 32.2. The second-order valence-corrected chi connectivity index (χ2v) is 6.87. The molecule has 21 heavy (non-hydrogen) atoms. The fraction of sp³-hybridized carbons (Fsp3) is 0.636. The Hall–Kier alpha value is -1.49. The summed E-state index contributed by atoms with van der Waals surface area (Å²) in [4.78, 5) is 15.2. The predicted octanol–water partition coefficient (Wildman–Crippen LogP) is -1.37. The molecule has 1 aromatic rings. The van der Waals surface area contributed by atoms with Gasteiger partial charge in [0.25, 0.3) is 10.0 Å². The van der Waals surface area contributed by atoms with Crippen LogP contribution in [0.1, 0.15) is 10.4 Å². The molecule has 1 unspecified atom stereocenters. The zero-order valence-electron chi connectivity index (χ0n) is 11.9. The lowest BCUT2D eigenvalue weighted by molar-refractivity contribution is 0.0692. The number of aromatic amines is 1. The zero-order valence-corrected chi connectivity index (χ0v) is 12.7. The molecule has 2 rings (SSSR count). The van der Waals surface area contributed by atoms with Crippen molar-refractivity contribution in [3.63, 3.8) is 0 Å². The van der Waals surface area contributed by atoms with Crippen LogP contribution in [0.25, 0.3) is 0 Å². The Morgan fingerprint density at radius 3 is 2.90 bits per heavy atom. The number of nitrogens with one attached hydrogen (secondary N) is 2. The summed E-state index contributed by atoms with van der Waals surface area (Å²) in [5.74, 6) is -1.33. The molecular formula is C11H19N5O4S. The van der Waals surface area contributed by atoms with E-state index in [2.05, 4.69) is 24.7 Å². The second kappa shape index (κ2) is 6.10. The highest BCUT2D eigenvalue weighted by Gasteiger charge is 2.28. The number of aromatic nitrogens is 2. The maximum absolute atomic E-state index is 12.2. The SMILES string of the molecule is CN1CCN(C)C(CNS(=O)(=O)c2[nH]ncc2C(=O)O)C1. The molecule has 0 aliphatic carbocycles. The van der Waals surface area contributed by atoms with Gasteiger partial charge in [0, 0.05) is 32.2 Å². The van der Waals surface area contributed by atoms with Crippen molar-refractivity contribution >= 4 is 16.0 Å². The molecule has 0 spiro atoms. The third kappa shape index (κ3) is 3.59. The summed E-state index contributed by atoms with van der Waals surface area (Å²) in [5, 5.41) is 14.2. The molecule has 1 aliphatic rings. The first-order valence-electron chi connectivity index (χ1n) is 6.46. The minimum atomic E-state index is -3.93. The van der Waals surface area contributed by atoms with Gasteiger partial charge in [-0.25, -0.2) is 17.9 Å². The molecule has 0 aromatic carbocycles. The van der Waals surface area contributed by atoms with Crippen LogP contribution in [0.5, 0.6) is 0 Å². The molecule has 1 aliphatic heterocycles. The normalized spacial score (nSPS) is 21.5. The molecule has 118 valence electrons. The van der Waals surface area contributed by atoms with Crippen molar-refractivity contribution in [3.05, 3.63) is 11.8 Å². The summed E-state index contributed by atoms with van der Waals surface area (Å²) < 4.78 is 26.8. The largest absolute Gasteiger partial charge is 0.478 e. The average Bonchev–Trinajstić information content (AvgIpc) is 2.90. The molecule has 0 amide bonds. The van der Waals surface area contributed by atoms with Crippen LogP contribution in [-0.2, 0) is 10.0 Å². The van der Waals surface area contributed by atoms with Gasteiger partial charge in [0.1, 0.15) is 5.56 Å². The van der Waals surface area contributed by atoms with Gasteiger partial charge < -0.3 is 10.0 Å². The minimum Gasteiger partial charge on any atom is -0.478 e. The molecule has 0 bridgehead atoms. The van der Waals surface area contributed by atoms with E-state index < -0.39 is 21.0 Å². The second-order valence-electron chi connectivity index (χ2n) is 5.17. The lowest BCUT2D eigenvalue weighted by atomic mass is 10.2. The summed E-state index contributed by atoms with van der Waals surface area (Å²) in [5.41, 5.74) is -0.364. The number of aromatic carboxylic acids is 1. The quantitative estimate of drug-likeness (QED) is 0.613. The van der Waals surface area contributed by atoms with Crippen molar-refractivity contribution in [1.29, 1.82) is 0 Å². The summed E-state index contributed by atoms with van der Waals surface area (Å²) in [6.07, 6.45) is 0.984. The molecule has 2 heterocycles. The lowest BCUT2D eigenvalue weighted by Crippen LogP contribution is -2.54. The van der Waals surface area contributed by atoms with Gasteiger partial charge in [-0.2, -0.15) is 5.10 Å². The minimum absolute atomic E-state index is 0.0368. The van der Waals surface area contributed by atoms with Crippen molar-refractivity contribution in [2.75, 3.05) is 40.3 Å². The monoisotopic (exact) mass is 317 g/mol. The van der Waals surface area contributed by atoms with Gasteiger partial charge in [-0.15, -0.1) is 0 Å². The highest BCUT2D eigenvalue weighted by molar-refractivity contribution is 7.89. The van der Waals surface area contributed by atoms with Crippen LogP contribution < -0.4 is 4.72 Å². The van der Waals surface area contributed by atoms with E-state index >= 15 is 0 Å². The van der Waals surface area contributed by atoms with Crippen molar-refractivity contribution in [2.24, 2.45) is 0 Å². The first kappa shape index (κ1) is 15.9. The van der Waals surface area contributed by atoms with E-state index in [9.17, 15) is 13.2 Å². The number of H-pyrrole nitrogens is 1. The van der Waals surface area contributed by atoms with E-state index in [1.807, 2.05) is 14.1 Å². The smallest absolute Gasteiger partial charge is 0.340 e. The van der Waals surface area contributed by atoms with Crippen LogP contribution >= 0.6 is 0 Å². The summed E-state index contributed by atoms with van der Waals surface area (Å²) >= 11 is 0. The molecule has 1 atom stereocenters. The number of carboxylic acids is 1. The van der Waals surface area contributed by atoms with Gasteiger partial charge in [-0.3, -0.25) is 10.00 Å². The van der Waals surface area contributed by atoms with Gasteiger partial charge in [0.15, 0.2) is 5.03 Å². The molecule has 0 radical (unpaired) electrons. The fourth-order valence-electron chi connectivity index (χ4n) is 2.23. The first-order chi connectivity index (χ1) is 9.81. The maximum atomic E-state index is 12.2. The van der Waals surface area contributed by atoms with Crippen LogP contribution in [-0.4, -0.2) is 85.8 Å². The van der Waals surface area contributed by atoms with Crippen LogP contribution in [0.3, 0.4) is 0 Å². The Morgan fingerprint density at radius 1 is 1.52 bits per heavy atom. The zero-order chi connectivity index (χ0) is 15.6. The number of nitrogens with zero attached hydrogens (tertiary/aromatic N) is 3. The Kier molecular flexibility index (Phi) is 4.61. The van der Waals surface area contributed by atoms with E-state index in [1.165, 1.54) is 0 Å². The topological polar surface area (TPSA) is 119 Å².